The molecule has 0 aliphatic rings. The number of H-pyrrole nitrogens is 1. The molecule has 0 unspecified atom stereocenters. The molecule has 0 saturated carbocycles. The van der Waals surface area contributed by atoms with E-state index in [2.05, 4.69) is 15.3 Å². The summed E-state index contributed by atoms with van der Waals surface area (Å²) < 4.78 is 12.9. The van der Waals surface area contributed by atoms with Gasteiger partial charge in [-0.2, -0.15) is 0 Å². The molecule has 0 aliphatic carbocycles. The number of carbonyl (C=O) groups is 1. The Kier molecular flexibility index (Phi) is 6.03. The zero-order chi connectivity index (χ0) is 19.2. The van der Waals surface area contributed by atoms with E-state index in [-0.39, 0.29) is 23.0 Å². The Labute approximate surface area is 160 Å². The highest BCUT2D eigenvalue weighted by molar-refractivity contribution is 7.99. The number of benzene rings is 2. The summed E-state index contributed by atoms with van der Waals surface area (Å²) in [6.45, 7) is 1.79. The van der Waals surface area contributed by atoms with E-state index in [1.807, 2.05) is 30.3 Å². The Morgan fingerprint density at radius 2 is 1.85 bits per heavy atom. The minimum atomic E-state index is -0.366. The van der Waals surface area contributed by atoms with Gasteiger partial charge in [0.25, 0.3) is 5.56 Å². The molecule has 0 fully saturated rings. The maximum absolute atomic E-state index is 12.9. The third-order valence-electron chi connectivity index (χ3n) is 3.89. The second-order valence-corrected chi connectivity index (χ2v) is 6.91. The number of nitrogens with one attached hydrogen (secondary N) is 2. The van der Waals surface area contributed by atoms with Crippen molar-refractivity contribution in [2.24, 2.45) is 0 Å². The first-order chi connectivity index (χ1) is 13.0. The molecule has 2 N–H and O–H groups in total. The molecule has 5 nitrogen and oxygen atoms in total. The number of carbonyl (C=O) groups excluding carboxylic acids is 1. The van der Waals surface area contributed by atoms with Crippen LogP contribution in [0.3, 0.4) is 0 Å². The van der Waals surface area contributed by atoms with Crippen LogP contribution >= 0.6 is 11.8 Å². The summed E-state index contributed by atoms with van der Waals surface area (Å²) in [4.78, 5) is 31.5. The molecule has 0 atom stereocenters. The summed E-state index contributed by atoms with van der Waals surface area (Å²) in [5.41, 5.74) is 2.60. The second kappa shape index (κ2) is 8.64. The standard InChI is InChI=1S/C20H18FN3O2S/c1-13-17(11-14-5-3-2-4-6-14)19(26)24-20(22-13)27-12-18(25)23-16-9-7-15(21)8-10-16/h2-10H,11-12H2,1H3,(H,23,25)(H,22,24,26). The van der Waals surface area contributed by atoms with Crippen LogP contribution in [0.4, 0.5) is 10.1 Å². The lowest BCUT2D eigenvalue weighted by Gasteiger charge is -2.08. The van der Waals surface area contributed by atoms with Gasteiger partial charge in [0.1, 0.15) is 5.82 Å². The minimum Gasteiger partial charge on any atom is -0.325 e. The molecule has 7 heteroatoms. The van der Waals surface area contributed by atoms with Crippen LogP contribution in [0.5, 0.6) is 0 Å². The number of nitrogens with zero attached hydrogens (tertiary/aromatic N) is 1. The van der Waals surface area contributed by atoms with Gasteiger partial charge in [-0.15, -0.1) is 0 Å². The molecule has 1 aromatic heterocycles. The number of anilines is 1. The molecular formula is C20H18FN3O2S. The predicted octanol–water partition coefficient (Wildman–Crippen LogP) is 3.54. The molecule has 27 heavy (non-hydrogen) atoms. The number of halogens is 1. The summed E-state index contributed by atoms with van der Waals surface area (Å²) >= 11 is 1.14. The van der Waals surface area contributed by atoms with E-state index in [1.54, 1.807) is 6.92 Å². The molecule has 1 heterocycles. The molecular weight excluding hydrogens is 365 g/mol. The highest BCUT2D eigenvalue weighted by Gasteiger charge is 2.11. The number of aromatic nitrogens is 2. The van der Waals surface area contributed by atoms with E-state index in [0.29, 0.717) is 28.5 Å². The zero-order valence-electron chi connectivity index (χ0n) is 14.7. The lowest BCUT2D eigenvalue weighted by molar-refractivity contribution is -0.113. The van der Waals surface area contributed by atoms with Crippen molar-refractivity contribution >= 4 is 23.4 Å². The van der Waals surface area contributed by atoms with Gasteiger partial charge < -0.3 is 10.3 Å². The Hall–Kier alpha value is -2.93. The summed E-state index contributed by atoms with van der Waals surface area (Å²) in [6, 6.07) is 15.2. The largest absolute Gasteiger partial charge is 0.325 e. The summed E-state index contributed by atoms with van der Waals surface area (Å²) in [5, 5.41) is 3.06. The minimum absolute atomic E-state index is 0.0811. The van der Waals surface area contributed by atoms with Crippen LogP contribution in [0, 0.1) is 12.7 Å². The van der Waals surface area contributed by atoms with Crippen LogP contribution in [0.1, 0.15) is 16.8 Å². The van der Waals surface area contributed by atoms with Crippen LogP contribution in [-0.2, 0) is 11.2 Å². The van der Waals surface area contributed by atoms with E-state index in [1.165, 1.54) is 24.3 Å². The number of rotatable bonds is 6. The smallest absolute Gasteiger partial charge is 0.255 e. The third kappa shape index (κ3) is 5.27. The molecule has 0 radical (unpaired) electrons. The Morgan fingerprint density at radius 1 is 1.15 bits per heavy atom. The van der Waals surface area contributed by atoms with Gasteiger partial charge >= 0.3 is 0 Å². The lowest BCUT2D eigenvalue weighted by atomic mass is 10.1. The first-order valence-corrected chi connectivity index (χ1v) is 9.32. The summed E-state index contributed by atoms with van der Waals surface area (Å²) in [7, 11) is 0. The number of amides is 1. The topological polar surface area (TPSA) is 74.8 Å². The van der Waals surface area contributed by atoms with Gasteiger partial charge in [0.15, 0.2) is 5.16 Å². The normalized spacial score (nSPS) is 10.6. The van der Waals surface area contributed by atoms with Crippen LogP contribution < -0.4 is 10.9 Å². The average molecular weight is 383 g/mol. The van der Waals surface area contributed by atoms with E-state index < -0.39 is 0 Å². The van der Waals surface area contributed by atoms with Crippen LogP contribution in [-0.4, -0.2) is 21.6 Å². The molecule has 138 valence electrons. The number of thioether (sulfide) groups is 1. The molecule has 0 bridgehead atoms. The fourth-order valence-electron chi connectivity index (χ4n) is 2.53. The van der Waals surface area contributed by atoms with Crippen molar-refractivity contribution in [2.75, 3.05) is 11.1 Å². The molecule has 0 spiro atoms. The van der Waals surface area contributed by atoms with Crippen molar-refractivity contribution in [1.82, 2.24) is 9.97 Å². The zero-order valence-corrected chi connectivity index (χ0v) is 15.5. The number of hydrogen-bond acceptors (Lipinski definition) is 4. The van der Waals surface area contributed by atoms with Crippen molar-refractivity contribution < 1.29 is 9.18 Å². The Balaban J connectivity index is 1.63. The molecule has 3 aromatic rings. The first kappa shape index (κ1) is 18.8. The predicted molar refractivity (Wildman–Crippen MR) is 105 cm³/mol. The SMILES string of the molecule is Cc1nc(SCC(=O)Nc2ccc(F)cc2)[nH]c(=O)c1Cc1ccccc1. The number of aryl methyl sites for hydroxylation is 1. The van der Waals surface area contributed by atoms with Gasteiger partial charge in [-0.1, -0.05) is 42.1 Å². The third-order valence-corrected chi connectivity index (χ3v) is 4.77. The molecule has 3 rings (SSSR count). The van der Waals surface area contributed by atoms with Crippen molar-refractivity contribution in [3.8, 4) is 0 Å². The molecule has 2 aromatic carbocycles. The van der Waals surface area contributed by atoms with E-state index in [4.69, 9.17) is 0 Å². The van der Waals surface area contributed by atoms with Gasteiger partial charge in [0.05, 0.1) is 5.75 Å². The van der Waals surface area contributed by atoms with Gasteiger partial charge in [-0.25, -0.2) is 9.37 Å². The molecule has 1 amide bonds. The fraction of sp³-hybridized carbons (Fsp3) is 0.150. The highest BCUT2D eigenvalue weighted by Crippen LogP contribution is 2.15. The van der Waals surface area contributed by atoms with Crippen LogP contribution in [0.2, 0.25) is 0 Å². The Bertz CT molecular complexity index is 988. The van der Waals surface area contributed by atoms with E-state index >= 15 is 0 Å². The van der Waals surface area contributed by atoms with Crippen molar-refractivity contribution in [3.05, 3.63) is 87.6 Å². The van der Waals surface area contributed by atoms with Gasteiger partial charge in [-0.3, -0.25) is 9.59 Å². The van der Waals surface area contributed by atoms with Crippen molar-refractivity contribution in [1.29, 1.82) is 0 Å². The molecule has 0 saturated heterocycles. The summed E-state index contributed by atoms with van der Waals surface area (Å²) in [6.07, 6.45) is 0.505. The second-order valence-electron chi connectivity index (χ2n) is 5.94. The lowest BCUT2D eigenvalue weighted by Crippen LogP contribution is -2.19. The van der Waals surface area contributed by atoms with E-state index in [0.717, 1.165) is 17.3 Å². The molecule has 0 aliphatic heterocycles. The van der Waals surface area contributed by atoms with Gasteiger partial charge in [0.2, 0.25) is 5.91 Å². The van der Waals surface area contributed by atoms with Crippen LogP contribution in [0.15, 0.2) is 64.5 Å². The average Bonchev–Trinajstić information content (AvgIpc) is 2.66. The van der Waals surface area contributed by atoms with Crippen LogP contribution in [0.25, 0.3) is 0 Å². The quantitative estimate of drug-likeness (QED) is 0.504. The number of hydrogen-bond donors (Lipinski definition) is 2. The maximum atomic E-state index is 12.9. The number of aromatic amines is 1. The van der Waals surface area contributed by atoms with Crippen molar-refractivity contribution in [2.45, 2.75) is 18.5 Å². The monoisotopic (exact) mass is 383 g/mol. The fourth-order valence-corrected chi connectivity index (χ4v) is 3.23. The van der Waals surface area contributed by atoms with Gasteiger partial charge in [0, 0.05) is 23.4 Å². The highest BCUT2D eigenvalue weighted by atomic mass is 32.2. The van der Waals surface area contributed by atoms with Gasteiger partial charge in [-0.05, 0) is 36.8 Å². The Morgan fingerprint density at radius 3 is 2.52 bits per heavy atom. The summed E-state index contributed by atoms with van der Waals surface area (Å²) in [5.74, 6) is -0.548. The maximum Gasteiger partial charge on any atom is 0.255 e. The van der Waals surface area contributed by atoms with E-state index in [9.17, 15) is 14.0 Å². The van der Waals surface area contributed by atoms with Crippen molar-refractivity contribution in [3.63, 3.8) is 0 Å². The first-order valence-electron chi connectivity index (χ1n) is 8.33.